The van der Waals surface area contributed by atoms with Gasteiger partial charge < -0.3 is 15.0 Å². The molecule has 2 aliphatic rings. The summed E-state index contributed by atoms with van der Waals surface area (Å²) in [6, 6.07) is 0.0585. The van der Waals surface area contributed by atoms with E-state index in [0.717, 1.165) is 45.5 Å². The molecule has 4 nitrogen and oxygen atoms in total. The van der Waals surface area contributed by atoms with Crippen LogP contribution in [0.5, 0.6) is 0 Å². The van der Waals surface area contributed by atoms with E-state index < -0.39 is 0 Å². The highest BCUT2D eigenvalue weighted by atomic mass is 16.5. The van der Waals surface area contributed by atoms with Crippen LogP contribution in [0.2, 0.25) is 0 Å². The molecule has 1 amide bonds. The highest BCUT2D eigenvalue weighted by Gasteiger charge is 2.31. The van der Waals surface area contributed by atoms with Crippen LogP contribution in [0, 0.1) is 5.92 Å². The number of likely N-dealkylation sites (tertiary alicyclic amines) is 1. The standard InChI is InChI=1S/C15H28N2O2/c1-12(2)7-10-19-13-6-9-17(11-13)15(18)14-5-3-4-8-16-14/h12-14,16H,3-11H2,1-2H3. The zero-order valence-electron chi connectivity index (χ0n) is 12.4. The van der Waals surface area contributed by atoms with Crippen molar-refractivity contribution >= 4 is 5.91 Å². The van der Waals surface area contributed by atoms with Crippen molar-refractivity contribution in [3.63, 3.8) is 0 Å². The summed E-state index contributed by atoms with van der Waals surface area (Å²) >= 11 is 0. The molecule has 0 aromatic rings. The van der Waals surface area contributed by atoms with Gasteiger partial charge in [0.25, 0.3) is 0 Å². The number of hydrogen-bond acceptors (Lipinski definition) is 3. The Morgan fingerprint density at radius 2 is 2.21 bits per heavy atom. The largest absolute Gasteiger partial charge is 0.376 e. The second kappa shape index (κ2) is 7.25. The van der Waals surface area contributed by atoms with E-state index in [1.54, 1.807) is 0 Å². The fourth-order valence-corrected chi connectivity index (χ4v) is 2.82. The van der Waals surface area contributed by atoms with Gasteiger partial charge in [-0.15, -0.1) is 0 Å². The topological polar surface area (TPSA) is 41.6 Å². The normalized spacial score (nSPS) is 28.1. The van der Waals surface area contributed by atoms with Crippen LogP contribution in [-0.4, -0.2) is 49.2 Å². The van der Waals surface area contributed by atoms with Crippen LogP contribution in [0.15, 0.2) is 0 Å². The molecule has 4 heteroatoms. The summed E-state index contributed by atoms with van der Waals surface area (Å²) in [4.78, 5) is 14.3. The Balaban J connectivity index is 1.70. The predicted octanol–water partition coefficient (Wildman–Crippen LogP) is 1.79. The van der Waals surface area contributed by atoms with Crippen molar-refractivity contribution in [3.8, 4) is 0 Å². The van der Waals surface area contributed by atoms with Crippen molar-refractivity contribution < 1.29 is 9.53 Å². The van der Waals surface area contributed by atoms with Crippen molar-refractivity contribution in [2.24, 2.45) is 5.92 Å². The molecule has 2 rings (SSSR count). The fourth-order valence-electron chi connectivity index (χ4n) is 2.82. The van der Waals surface area contributed by atoms with Crippen LogP contribution in [0.1, 0.15) is 46.0 Å². The van der Waals surface area contributed by atoms with Crippen LogP contribution < -0.4 is 5.32 Å². The van der Waals surface area contributed by atoms with Gasteiger partial charge in [0.2, 0.25) is 5.91 Å². The Hall–Kier alpha value is -0.610. The Bertz CT molecular complexity index is 288. The van der Waals surface area contributed by atoms with Gasteiger partial charge in [-0.3, -0.25) is 4.79 Å². The summed E-state index contributed by atoms with van der Waals surface area (Å²) in [6.07, 6.45) is 5.72. The first-order chi connectivity index (χ1) is 9.16. The van der Waals surface area contributed by atoms with Crippen molar-refractivity contribution in [2.45, 2.75) is 58.1 Å². The van der Waals surface area contributed by atoms with E-state index in [1.165, 1.54) is 12.8 Å². The molecule has 1 N–H and O–H groups in total. The molecule has 0 aliphatic carbocycles. The minimum Gasteiger partial charge on any atom is -0.376 e. The van der Waals surface area contributed by atoms with E-state index in [0.29, 0.717) is 5.92 Å². The quantitative estimate of drug-likeness (QED) is 0.826. The number of carbonyl (C=O) groups excluding carboxylic acids is 1. The zero-order valence-corrected chi connectivity index (χ0v) is 12.4. The molecule has 0 radical (unpaired) electrons. The number of hydrogen-bond donors (Lipinski definition) is 1. The molecular formula is C15H28N2O2. The Morgan fingerprint density at radius 3 is 2.89 bits per heavy atom. The lowest BCUT2D eigenvalue weighted by molar-refractivity contribution is -0.133. The molecule has 2 heterocycles. The third-order valence-electron chi connectivity index (χ3n) is 4.11. The number of nitrogens with zero attached hydrogens (tertiary/aromatic N) is 1. The first kappa shape index (κ1) is 14.8. The fraction of sp³-hybridized carbons (Fsp3) is 0.933. The monoisotopic (exact) mass is 268 g/mol. The van der Waals surface area contributed by atoms with E-state index >= 15 is 0 Å². The molecule has 110 valence electrons. The summed E-state index contributed by atoms with van der Waals surface area (Å²) in [6.45, 7) is 7.88. The molecule has 2 saturated heterocycles. The Kier molecular flexibility index (Phi) is 5.64. The molecule has 0 aromatic carbocycles. The van der Waals surface area contributed by atoms with E-state index in [-0.39, 0.29) is 18.1 Å². The van der Waals surface area contributed by atoms with E-state index in [2.05, 4.69) is 19.2 Å². The smallest absolute Gasteiger partial charge is 0.239 e. The van der Waals surface area contributed by atoms with Crippen LogP contribution >= 0.6 is 0 Å². The number of rotatable bonds is 5. The molecule has 2 unspecified atom stereocenters. The van der Waals surface area contributed by atoms with Gasteiger partial charge in [-0.2, -0.15) is 0 Å². The van der Waals surface area contributed by atoms with Crippen LogP contribution in [0.3, 0.4) is 0 Å². The van der Waals surface area contributed by atoms with Crippen LogP contribution in [-0.2, 0) is 9.53 Å². The summed E-state index contributed by atoms with van der Waals surface area (Å²) in [5, 5.41) is 3.34. The number of nitrogens with one attached hydrogen (secondary N) is 1. The highest BCUT2D eigenvalue weighted by molar-refractivity contribution is 5.82. The van der Waals surface area contributed by atoms with Gasteiger partial charge >= 0.3 is 0 Å². The predicted molar refractivity (Wildman–Crippen MR) is 76.0 cm³/mol. The lowest BCUT2D eigenvalue weighted by atomic mass is 10.0. The average molecular weight is 268 g/mol. The molecule has 2 fully saturated rings. The number of carbonyl (C=O) groups is 1. The minimum atomic E-state index is 0.0585. The lowest BCUT2D eigenvalue weighted by Gasteiger charge is -2.27. The summed E-state index contributed by atoms with van der Waals surface area (Å²) in [5.41, 5.74) is 0. The molecular weight excluding hydrogens is 240 g/mol. The second-order valence-corrected chi connectivity index (χ2v) is 6.25. The van der Waals surface area contributed by atoms with Gasteiger partial charge in [-0.25, -0.2) is 0 Å². The van der Waals surface area contributed by atoms with Gasteiger partial charge in [-0.1, -0.05) is 20.3 Å². The number of amides is 1. The Labute approximate surface area is 116 Å². The van der Waals surface area contributed by atoms with Gasteiger partial charge in [-0.05, 0) is 38.1 Å². The molecule has 2 aliphatic heterocycles. The number of ether oxygens (including phenoxy) is 1. The maximum atomic E-state index is 12.3. The van der Waals surface area contributed by atoms with E-state index in [1.807, 2.05) is 4.90 Å². The van der Waals surface area contributed by atoms with Crippen molar-refractivity contribution in [1.82, 2.24) is 10.2 Å². The first-order valence-electron chi connectivity index (χ1n) is 7.80. The van der Waals surface area contributed by atoms with Gasteiger partial charge in [0, 0.05) is 19.7 Å². The maximum absolute atomic E-state index is 12.3. The van der Waals surface area contributed by atoms with Crippen LogP contribution in [0.4, 0.5) is 0 Å². The summed E-state index contributed by atoms with van der Waals surface area (Å²) in [5.74, 6) is 0.972. The summed E-state index contributed by atoms with van der Waals surface area (Å²) < 4.78 is 5.87. The lowest BCUT2D eigenvalue weighted by Crippen LogP contribution is -2.48. The van der Waals surface area contributed by atoms with Crippen molar-refractivity contribution in [2.75, 3.05) is 26.2 Å². The molecule has 0 aromatic heterocycles. The first-order valence-corrected chi connectivity index (χ1v) is 7.80. The second-order valence-electron chi connectivity index (χ2n) is 6.25. The van der Waals surface area contributed by atoms with E-state index in [4.69, 9.17) is 4.74 Å². The summed E-state index contributed by atoms with van der Waals surface area (Å²) in [7, 11) is 0. The van der Waals surface area contributed by atoms with E-state index in [9.17, 15) is 4.79 Å². The van der Waals surface area contributed by atoms with Crippen molar-refractivity contribution in [3.05, 3.63) is 0 Å². The molecule has 19 heavy (non-hydrogen) atoms. The molecule has 2 atom stereocenters. The van der Waals surface area contributed by atoms with Gasteiger partial charge in [0.1, 0.15) is 0 Å². The maximum Gasteiger partial charge on any atom is 0.239 e. The third-order valence-corrected chi connectivity index (χ3v) is 4.11. The number of piperidine rings is 1. The Morgan fingerprint density at radius 1 is 1.37 bits per heavy atom. The minimum absolute atomic E-state index is 0.0585. The van der Waals surface area contributed by atoms with Gasteiger partial charge in [0.15, 0.2) is 0 Å². The van der Waals surface area contributed by atoms with Gasteiger partial charge in [0.05, 0.1) is 12.1 Å². The molecule has 0 saturated carbocycles. The van der Waals surface area contributed by atoms with Crippen molar-refractivity contribution in [1.29, 1.82) is 0 Å². The highest BCUT2D eigenvalue weighted by Crippen LogP contribution is 2.17. The average Bonchev–Trinajstić information content (AvgIpc) is 2.87. The zero-order chi connectivity index (χ0) is 13.7. The third kappa shape index (κ3) is 4.46. The molecule has 0 bridgehead atoms. The SMILES string of the molecule is CC(C)CCOC1CCN(C(=O)C2CCCCN2)C1. The molecule has 0 spiro atoms. The van der Waals surface area contributed by atoms with Crippen LogP contribution in [0.25, 0.3) is 0 Å².